The van der Waals surface area contributed by atoms with Gasteiger partial charge in [0.15, 0.2) is 0 Å². The second-order valence-electron chi connectivity index (χ2n) is 2.83. The minimum absolute atomic E-state index is 0.140. The van der Waals surface area contributed by atoms with Crippen LogP contribution in [0, 0.1) is 0 Å². The topological polar surface area (TPSA) is 27.1 Å². The molecule has 0 spiro atoms. The molecule has 0 unspecified atom stereocenters. The molecule has 66 valence electrons. The van der Waals surface area contributed by atoms with Crippen LogP contribution in [-0.4, -0.2) is 23.0 Å². The minimum atomic E-state index is 0.140. The van der Waals surface area contributed by atoms with Gasteiger partial charge >= 0.3 is 0 Å². The molecule has 1 aliphatic heterocycles. The molecule has 0 aromatic carbocycles. The van der Waals surface area contributed by atoms with E-state index in [-0.39, 0.29) is 12.2 Å². The van der Waals surface area contributed by atoms with Gasteiger partial charge in [0.1, 0.15) is 0 Å². The van der Waals surface area contributed by atoms with Gasteiger partial charge in [-0.25, -0.2) is 0 Å². The Bertz CT molecular complexity index is 336. The van der Waals surface area contributed by atoms with E-state index in [2.05, 4.69) is 21.0 Å². The van der Waals surface area contributed by atoms with Crippen molar-refractivity contribution in [3.05, 3.63) is 16.8 Å². The van der Waals surface area contributed by atoms with Gasteiger partial charge in [-0.2, -0.15) is 5.10 Å². The lowest BCUT2D eigenvalue weighted by molar-refractivity contribution is 0.0662. The smallest absolute Gasteiger partial charge is 0.0872 e. The number of halogens is 1. The summed E-state index contributed by atoms with van der Waals surface area (Å²) in [6.07, 6.45) is 2.18. The lowest BCUT2D eigenvalue weighted by Crippen LogP contribution is -2.19. The van der Waals surface area contributed by atoms with Crippen molar-refractivity contribution in [2.24, 2.45) is 0 Å². The molecule has 1 saturated heterocycles. The fraction of sp³-hybridized carbons (Fsp3) is 0.625. The molecule has 0 N–H and O–H groups in total. The Morgan fingerprint density at radius 2 is 2.42 bits per heavy atom. The number of hydrogen-bond donors (Lipinski definition) is 0. The Morgan fingerprint density at radius 1 is 1.67 bits per heavy atom. The van der Waals surface area contributed by atoms with Crippen LogP contribution in [0.3, 0.4) is 0 Å². The summed E-state index contributed by atoms with van der Waals surface area (Å²) in [5.74, 6) is 0. The summed E-state index contributed by atoms with van der Waals surface area (Å²) in [6.45, 7) is 1.43. The quantitative estimate of drug-likeness (QED) is 0.741. The van der Waals surface area contributed by atoms with Crippen LogP contribution >= 0.6 is 15.9 Å². The largest absolute Gasteiger partial charge is 0.381 e. The molecule has 12 heavy (non-hydrogen) atoms. The van der Waals surface area contributed by atoms with E-state index < -0.39 is 0 Å². The van der Waals surface area contributed by atoms with Crippen molar-refractivity contribution in [2.45, 2.75) is 18.9 Å². The van der Waals surface area contributed by atoms with E-state index in [1.165, 1.54) is 0 Å². The molecule has 1 aliphatic rings. The molecule has 1 aromatic rings. The van der Waals surface area contributed by atoms with Gasteiger partial charge in [-0.15, -0.1) is 0 Å². The van der Waals surface area contributed by atoms with Crippen LogP contribution in [0.4, 0.5) is 0 Å². The zero-order chi connectivity index (χ0) is 10.1. The number of rotatable bonds is 1. The third kappa shape index (κ3) is 1.69. The standard InChI is InChI=1S/C8H11BrN2O/c9-7-5-10-11(6-7)8-1-3-12-4-2-8/h5-6,8H,1-4H2/i5D,6D. The first-order valence-corrected chi connectivity index (χ1v) is 4.78. The predicted octanol–water partition coefficient (Wildman–Crippen LogP) is 2.00. The maximum atomic E-state index is 7.75. The van der Waals surface area contributed by atoms with Gasteiger partial charge in [0.2, 0.25) is 0 Å². The van der Waals surface area contributed by atoms with Gasteiger partial charge in [-0.3, -0.25) is 4.68 Å². The third-order valence-electron chi connectivity index (χ3n) is 2.01. The number of nitrogens with zero attached hydrogens (tertiary/aromatic N) is 2. The highest BCUT2D eigenvalue weighted by Crippen LogP contribution is 2.21. The molecule has 1 aromatic heterocycles. The third-order valence-corrected chi connectivity index (χ3v) is 2.36. The number of hydrogen-bond acceptors (Lipinski definition) is 2. The van der Waals surface area contributed by atoms with Gasteiger partial charge in [0.05, 0.1) is 19.4 Å². The fourth-order valence-electron chi connectivity index (χ4n) is 1.35. The lowest BCUT2D eigenvalue weighted by atomic mass is 10.1. The van der Waals surface area contributed by atoms with Crippen molar-refractivity contribution in [2.75, 3.05) is 13.2 Å². The normalized spacial score (nSPS) is 22.1. The molecule has 3 nitrogen and oxygen atoms in total. The maximum Gasteiger partial charge on any atom is 0.0872 e. The molecule has 0 bridgehead atoms. The van der Waals surface area contributed by atoms with Crippen molar-refractivity contribution in [3.8, 4) is 0 Å². The van der Waals surface area contributed by atoms with Gasteiger partial charge in [-0.1, -0.05) is 0 Å². The molecule has 0 radical (unpaired) electrons. The van der Waals surface area contributed by atoms with Crippen LogP contribution in [0.25, 0.3) is 0 Å². The van der Waals surface area contributed by atoms with E-state index in [9.17, 15) is 0 Å². The second-order valence-corrected chi connectivity index (χ2v) is 3.62. The monoisotopic (exact) mass is 232 g/mol. The Balaban J connectivity index is 2.26. The van der Waals surface area contributed by atoms with Crippen LogP contribution in [0.1, 0.15) is 21.6 Å². The summed E-state index contributed by atoms with van der Waals surface area (Å²) in [6, 6.07) is 0.214. The van der Waals surface area contributed by atoms with Crippen LogP contribution in [0.2, 0.25) is 0 Å². The van der Waals surface area contributed by atoms with Crippen LogP contribution in [0.5, 0.6) is 0 Å². The van der Waals surface area contributed by atoms with Crippen LogP contribution in [0.15, 0.2) is 16.8 Å². The number of ether oxygens (including phenoxy) is 1. The molecule has 0 aliphatic carbocycles. The average Bonchev–Trinajstić information content (AvgIpc) is 2.47. The van der Waals surface area contributed by atoms with Crippen molar-refractivity contribution in [3.63, 3.8) is 0 Å². The van der Waals surface area contributed by atoms with Crippen LogP contribution in [-0.2, 0) is 4.74 Å². The van der Waals surface area contributed by atoms with Gasteiger partial charge in [0.25, 0.3) is 0 Å². The van der Waals surface area contributed by atoms with E-state index in [0.717, 1.165) is 26.1 Å². The highest BCUT2D eigenvalue weighted by Gasteiger charge is 2.15. The average molecular weight is 233 g/mol. The first-order valence-electron chi connectivity index (χ1n) is 4.99. The molecule has 0 atom stereocenters. The molecular weight excluding hydrogens is 220 g/mol. The van der Waals surface area contributed by atoms with Gasteiger partial charge in [0, 0.05) is 19.4 Å². The van der Waals surface area contributed by atoms with Gasteiger partial charge in [-0.05, 0) is 28.8 Å². The number of aromatic nitrogens is 2. The van der Waals surface area contributed by atoms with E-state index in [0.29, 0.717) is 10.6 Å². The summed E-state index contributed by atoms with van der Waals surface area (Å²) >= 11 is 3.18. The van der Waals surface area contributed by atoms with E-state index in [1.807, 2.05) is 0 Å². The van der Waals surface area contributed by atoms with E-state index in [4.69, 9.17) is 7.48 Å². The SMILES string of the molecule is [2H]c1nn(C2CCOCC2)c([2H])c1Br. The van der Waals surface area contributed by atoms with Crippen molar-refractivity contribution >= 4 is 15.9 Å². The lowest BCUT2D eigenvalue weighted by Gasteiger charge is -2.22. The molecule has 1 fully saturated rings. The highest BCUT2D eigenvalue weighted by molar-refractivity contribution is 9.10. The minimum Gasteiger partial charge on any atom is -0.381 e. The molecular formula is C8H11BrN2O. The molecule has 2 heterocycles. The van der Waals surface area contributed by atoms with E-state index >= 15 is 0 Å². The highest BCUT2D eigenvalue weighted by atomic mass is 79.9. The molecule has 4 heteroatoms. The van der Waals surface area contributed by atoms with Crippen molar-refractivity contribution in [1.29, 1.82) is 0 Å². The maximum absolute atomic E-state index is 7.75. The Morgan fingerprint density at radius 3 is 3.00 bits per heavy atom. The summed E-state index contributed by atoms with van der Waals surface area (Å²) in [5.41, 5.74) is 0. The van der Waals surface area contributed by atoms with E-state index in [1.54, 1.807) is 4.68 Å². The molecule has 2 rings (SSSR count). The predicted molar refractivity (Wildman–Crippen MR) is 49.0 cm³/mol. The first kappa shape index (κ1) is 6.16. The zero-order valence-electron chi connectivity index (χ0n) is 8.59. The first-order chi connectivity index (χ1) is 6.70. The summed E-state index contributed by atoms with van der Waals surface area (Å²) in [4.78, 5) is 0. The molecule has 0 amide bonds. The summed E-state index contributed by atoms with van der Waals surface area (Å²) in [7, 11) is 0. The second kappa shape index (κ2) is 3.58. The Kier molecular flexibility index (Phi) is 1.84. The van der Waals surface area contributed by atoms with Gasteiger partial charge < -0.3 is 4.74 Å². The summed E-state index contributed by atoms with van der Waals surface area (Å²) in [5, 5.41) is 4.03. The van der Waals surface area contributed by atoms with Crippen LogP contribution < -0.4 is 0 Å². The van der Waals surface area contributed by atoms with Crippen molar-refractivity contribution in [1.82, 2.24) is 9.78 Å². The fourth-order valence-corrected chi connectivity index (χ4v) is 1.61. The Hall–Kier alpha value is -0.350. The zero-order valence-corrected chi connectivity index (χ0v) is 8.17. The van der Waals surface area contributed by atoms with Crippen molar-refractivity contribution < 1.29 is 7.48 Å². The Labute approximate surface area is 82.6 Å². The molecule has 0 saturated carbocycles. The summed E-state index contributed by atoms with van der Waals surface area (Å²) < 4.78 is 22.5.